The molecule has 5 nitrogen and oxygen atoms in total. The molecule has 3 aliphatic carbocycles. The molecule has 1 heterocycles. The van der Waals surface area contributed by atoms with Crippen LogP contribution in [0.5, 0.6) is 0 Å². The van der Waals surface area contributed by atoms with Gasteiger partial charge in [0.15, 0.2) is 5.78 Å². The zero-order chi connectivity index (χ0) is 32.7. The van der Waals surface area contributed by atoms with Crippen molar-refractivity contribution in [1.29, 1.82) is 0 Å². The minimum Gasteiger partial charge on any atom is -0.440 e. The van der Waals surface area contributed by atoms with Crippen LogP contribution in [0.1, 0.15) is 96.5 Å². The van der Waals surface area contributed by atoms with E-state index in [1.165, 1.54) is 17.7 Å². The van der Waals surface area contributed by atoms with Crippen LogP contribution in [0.15, 0.2) is 84.4 Å². The number of halogens is 3. The number of ether oxygens (including phenoxy) is 1. The number of aliphatic hydroxyl groups is 1. The number of allylic oxidation sites excluding steroid dienone is 2. The number of alkyl halides is 3. The summed E-state index contributed by atoms with van der Waals surface area (Å²) in [6, 6.07) is 19.9. The molecule has 4 atom stereocenters. The van der Waals surface area contributed by atoms with Gasteiger partial charge < -0.3 is 9.84 Å². The molecule has 2 bridgehead atoms. The number of carbonyl (C=O) groups is 2. The Bertz CT molecular complexity index is 1650. The van der Waals surface area contributed by atoms with Crippen molar-refractivity contribution in [2.45, 2.75) is 89.1 Å². The highest BCUT2D eigenvalue weighted by Crippen LogP contribution is 2.62. The summed E-state index contributed by atoms with van der Waals surface area (Å²) in [7, 11) is 0. The SMILES string of the molecule is CC1=CCC[C@@]2(C)[C@@H](CC[C@@]23CN(Cc2ccccc2)C(=O)O3)c2ccc(cc2C(=O)c2cccc(C(F)(F)F)c2)C[C@@H](O)CC1. The number of nitrogens with zero attached hydrogens (tertiary/aromatic N) is 1. The average Bonchev–Trinajstić information content (AvgIpc) is 3.49. The van der Waals surface area contributed by atoms with E-state index >= 15 is 0 Å². The van der Waals surface area contributed by atoms with Gasteiger partial charge in [0.25, 0.3) is 0 Å². The summed E-state index contributed by atoms with van der Waals surface area (Å²) < 4.78 is 47.3. The minimum absolute atomic E-state index is 0.0378. The molecule has 0 aromatic heterocycles. The number of aliphatic hydroxyl groups excluding tert-OH is 1. The van der Waals surface area contributed by atoms with Gasteiger partial charge in [-0.15, -0.1) is 0 Å². The second-order valence-corrected chi connectivity index (χ2v) is 13.5. The van der Waals surface area contributed by atoms with Crippen LogP contribution in [0, 0.1) is 5.41 Å². The average molecular weight is 632 g/mol. The van der Waals surface area contributed by atoms with E-state index in [1.54, 1.807) is 11.0 Å². The molecule has 1 N–H and O–H groups in total. The Labute approximate surface area is 268 Å². The molecule has 1 saturated carbocycles. The highest BCUT2D eigenvalue weighted by atomic mass is 19.4. The molecule has 7 rings (SSSR count). The Balaban J connectivity index is 1.44. The zero-order valence-electron chi connectivity index (χ0n) is 26.3. The lowest BCUT2D eigenvalue weighted by atomic mass is 9.64. The lowest BCUT2D eigenvalue weighted by Gasteiger charge is -2.43. The van der Waals surface area contributed by atoms with Crippen LogP contribution in [0.2, 0.25) is 0 Å². The van der Waals surface area contributed by atoms with Crippen LogP contribution in [0.4, 0.5) is 18.0 Å². The number of amides is 1. The fourth-order valence-electron chi connectivity index (χ4n) is 7.90. The molecule has 1 saturated heterocycles. The van der Waals surface area contributed by atoms with Crippen LogP contribution in [-0.2, 0) is 23.9 Å². The van der Waals surface area contributed by atoms with Crippen LogP contribution in [0.3, 0.4) is 0 Å². The summed E-state index contributed by atoms with van der Waals surface area (Å²) in [5.74, 6) is -0.685. The predicted molar refractivity (Wildman–Crippen MR) is 169 cm³/mol. The third-order valence-corrected chi connectivity index (χ3v) is 10.5. The van der Waals surface area contributed by atoms with Crippen LogP contribution >= 0.6 is 0 Å². The number of carbonyl (C=O) groups excluding carboxylic acids is 2. The van der Waals surface area contributed by atoms with Crippen LogP contribution < -0.4 is 0 Å². The van der Waals surface area contributed by atoms with Crippen molar-refractivity contribution in [1.82, 2.24) is 4.90 Å². The molecular formula is C38H40F3NO4. The van der Waals surface area contributed by atoms with Gasteiger partial charge in [0.2, 0.25) is 0 Å². The third kappa shape index (κ3) is 6.11. The molecular weight excluding hydrogens is 591 g/mol. The van der Waals surface area contributed by atoms with Crippen molar-refractivity contribution in [2.24, 2.45) is 5.41 Å². The summed E-state index contributed by atoms with van der Waals surface area (Å²) in [5, 5.41) is 10.8. The highest BCUT2D eigenvalue weighted by Gasteiger charge is 2.64. The van der Waals surface area contributed by atoms with E-state index in [1.807, 2.05) is 42.5 Å². The van der Waals surface area contributed by atoms with Crippen molar-refractivity contribution in [3.8, 4) is 0 Å². The first kappa shape index (κ1) is 32.0. The maximum absolute atomic E-state index is 14.2. The van der Waals surface area contributed by atoms with Crippen molar-refractivity contribution in [3.05, 3.63) is 118 Å². The normalized spacial score (nSPS) is 26.9. The molecule has 3 aromatic rings. The molecule has 2 fully saturated rings. The van der Waals surface area contributed by atoms with Crippen LogP contribution in [0.25, 0.3) is 0 Å². The second kappa shape index (κ2) is 12.4. The first-order valence-electron chi connectivity index (χ1n) is 16.1. The van der Waals surface area contributed by atoms with Crippen LogP contribution in [-0.4, -0.2) is 40.1 Å². The van der Waals surface area contributed by atoms with Gasteiger partial charge in [0.1, 0.15) is 5.60 Å². The van der Waals surface area contributed by atoms with Gasteiger partial charge in [-0.05, 0) is 92.7 Å². The second-order valence-electron chi connectivity index (χ2n) is 13.5. The van der Waals surface area contributed by atoms with E-state index in [0.717, 1.165) is 41.7 Å². The summed E-state index contributed by atoms with van der Waals surface area (Å²) in [4.78, 5) is 29.4. The van der Waals surface area contributed by atoms with Crippen molar-refractivity contribution >= 4 is 11.9 Å². The van der Waals surface area contributed by atoms with E-state index < -0.39 is 34.6 Å². The van der Waals surface area contributed by atoms with Gasteiger partial charge in [-0.3, -0.25) is 9.69 Å². The monoisotopic (exact) mass is 631 g/mol. The quantitative estimate of drug-likeness (QED) is 0.231. The summed E-state index contributed by atoms with van der Waals surface area (Å²) >= 11 is 0. The zero-order valence-corrected chi connectivity index (χ0v) is 26.3. The first-order chi connectivity index (χ1) is 21.9. The van der Waals surface area contributed by atoms with Gasteiger partial charge in [-0.25, -0.2) is 4.79 Å². The molecule has 1 spiro atoms. The molecule has 4 aliphatic rings. The van der Waals surface area contributed by atoms with Gasteiger partial charge >= 0.3 is 12.3 Å². The fraction of sp³-hybridized carbons (Fsp3) is 0.421. The first-order valence-corrected chi connectivity index (χ1v) is 16.1. The standard InChI is InChI=1S/C38H40F3NO4/c1-25-8-7-18-36(2)33(17-19-37(36)24-42(35(45)46-37)23-26-9-4-3-5-10-26)31-16-14-27(20-30(43)15-13-25)21-32(31)34(44)28-11-6-12-29(22-28)38(39,40)41/h3-6,8-12,14,16,21-22,30,33,43H,7,13,15,17-20,23-24H2,1-2H3/t30-,33-,36-,37+/m0/s1. The molecule has 0 unspecified atom stereocenters. The molecule has 8 heteroatoms. The summed E-state index contributed by atoms with van der Waals surface area (Å²) in [6.07, 6.45) is 0.891. The van der Waals surface area contributed by atoms with E-state index in [2.05, 4.69) is 19.9 Å². The smallest absolute Gasteiger partial charge is 0.416 e. The molecule has 1 amide bonds. The van der Waals surface area contributed by atoms with Gasteiger partial charge in [-0.1, -0.05) is 73.2 Å². The Kier molecular flexibility index (Phi) is 8.61. The van der Waals surface area contributed by atoms with Crippen molar-refractivity contribution in [3.63, 3.8) is 0 Å². The Morgan fingerprint density at radius 3 is 2.57 bits per heavy atom. The molecule has 242 valence electrons. The lowest BCUT2D eigenvalue weighted by Crippen LogP contribution is -2.48. The van der Waals surface area contributed by atoms with Crippen molar-refractivity contribution in [2.75, 3.05) is 6.54 Å². The topological polar surface area (TPSA) is 66.8 Å². The molecule has 1 aliphatic heterocycles. The predicted octanol–water partition coefficient (Wildman–Crippen LogP) is 8.64. The summed E-state index contributed by atoms with van der Waals surface area (Å²) in [6.45, 7) is 5.06. The lowest BCUT2D eigenvalue weighted by molar-refractivity contribution is -0.137. The van der Waals surface area contributed by atoms with E-state index in [0.29, 0.717) is 50.8 Å². The highest BCUT2D eigenvalue weighted by molar-refractivity contribution is 6.10. The largest absolute Gasteiger partial charge is 0.440 e. The maximum Gasteiger partial charge on any atom is 0.416 e. The van der Waals surface area contributed by atoms with Crippen molar-refractivity contribution < 1.29 is 32.6 Å². The number of benzene rings is 3. The fourth-order valence-corrected chi connectivity index (χ4v) is 7.90. The number of rotatable bonds is 4. The van der Waals surface area contributed by atoms with E-state index in [9.17, 15) is 27.9 Å². The number of fused-ring (bicyclic) bond motifs is 8. The van der Waals surface area contributed by atoms with Gasteiger partial charge in [0, 0.05) is 23.1 Å². The molecule has 3 aromatic carbocycles. The number of hydrogen-bond acceptors (Lipinski definition) is 4. The van der Waals surface area contributed by atoms with E-state index in [-0.39, 0.29) is 17.6 Å². The third-order valence-electron chi connectivity index (χ3n) is 10.5. The van der Waals surface area contributed by atoms with Gasteiger partial charge in [0.05, 0.1) is 18.2 Å². The Morgan fingerprint density at radius 1 is 1.02 bits per heavy atom. The number of hydrogen-bond donors (Lipinski definition) is 1. The van der Waals surface area contributed by atoms with E-state index in [4.69, 9.17) is 4.74 Å². The van der Waals surface area contributed by atoms with Gasteiger partial charge in [-0.2, -0.15) is 13.2 Å². The molecule has 46 heavy (non-hydrogen) atoms. The molecule has 0 radical (unpaired) electrons. The minimum atomic E-state index is -4.58. The Morgan fingerprint density at radius 2 is 1.80 bits per heavy atom. The number of ketones is 1. The maximum atomic E-state index is 14.2. The Hall–Kier alpha value is -3.91. The summed E-state index contributed by atoms with van der Waals surface area (Å²) in [5.41, 5.74) is 1.75.